The highest BCUT2D eigenvalue weighted by atomic mass is 16.5. The standard InChI is InChI=1S/C13H19N3O2/c1-2-18-10-6-9(7-10)16-12-4-3-8(13(15)17)5-11(12)14/h3-5,9-10,16H,2,6-7,14H2,1H3,(H2,15,17). The van der Waals surface area contributed by atoms with E-state index >= 15 is 0 Å². The zero-order valence-corrected chi connectivity index (χ0v) is 10.5. The molecule has 0 bridgehead atoms. The first kappa shape index (κ1) is 12.7. The van der Waals surface area contributed by atoms with Crippen LogP contribution in [0.1, 0.15) is 30.1 Å². The maximum Gasteiger partial charge on any atom is 0.248 e. The molecule has 2 rings (SSSR count). The molecule has 0 saturated heterocycles. The number of amides is 1. The van der Waals surface area contributed by atoms with Gasteiger partial charge in [0.2, 0.25) is 5.91 Å². The number of nitrogens with two attached hydrogens (primary N) is 2. The third kappa shape index (κ3) is 2.73. The Morgan fingerprint density at radius 3 is 2.78 bits per heavy atom. The minimum absolute atomic E-state index is 0.360. The van der Waals surface area contributed by atoms with Gasteiger partial charge in [0.15, 0.2) is 0 Å². The summed E-state index contributed by atoms with van der Waals surface area (Å²) in [6.45, 7) is 2.76. The quantitative estimate of drug-likeness (QED) is 0.687. The molecular formula is C13H19N3O2. The summed E-state index contributed by atoms with van der Waals surface area (Å²) in [5.41, 5.74) is 12.9. The zero-order chi connectivity index (χ0) is 13.1. The Balaban J connectivity index is 1.93. The summed E-state index contributed by atoms with van der Waals surface area (Å²) >= 11 is 0. The molecule has 0 unspecified atom stereocenters. The van der Waals surface area contributed by atoms with Gasteiger partial charge in [0.25, 0.3) is 0 Å². The summed E-state index contributed by atoms with van der Waals surface area (Å²) in [4.78, 5) is 11.0. The van der Waals surface area contributed by atoms with Crippen molar-refractivity contribution < 1.29 is 9.53 Å². The number of anilines is 2. The molecule has 5 nitrogen and oxygen atoms in total. The second-order valence-corrected chi connectivity index (χ2v) is 4.56. The van der Waals surface area contributed by atoms with Crippen molar-refractivity contribution in [3.8, 4) is 0 Å². The molecule has 0 spiro atoms. The number of carbonyl (C=O) groups excluding carboxylic acids is 1. The number of benzene rings is 1. The third-order valence-corrected chi connectivity index (χ3v) is 3.19. The minimum Gasteiger partial charge on any atom is -0.397 e. The maximum atomic E-state index is 11.0. The van der Waals surface area contributed by atoms with E-state index < -0.39 is 5.91 Å². The van der Waals surface area contributed by atoms with Gasteiger partial charge in [-0.2, -0.15) is 0 Å². The van der Waals surface area contributed by atoms with E-state index in [1.807, 2.05) is 6.92 Å². The molecule has 1 saturated carbocycles. The van der Waals surface area contributed by atoms with Gasteiger partial charge in [-0.05, 0) is 38.0 Å². The third-order valence-electron chi connectivity index (χ3n) is 3.19. The number of nitrogen functional groups attached to an aromatic ring is 1. The fourth-order valence-electron chi connectivity index (χ4n) is 2.12. The van der Waals surface area contributed by atoms with Crippen LogP contribution in [0.5, 0.6) is 0 Å². The Morgan fingerprint density at radius 1 is 1.50 bits per heavy atom. The molecule has 1 aromatic rings. The molecule has 0 aliphatic heterocycles. The van der Waals surface area contributed by atoms with Crippen LogP contribution in [0.15, 0.2) is 18.2 Å². The van der Waals surface area contributed by atoms with Crippen LogP contribution in [0, 0.1) is 0 Å². The number of hydrogen-bond donors (Lipinski definition) is 3. The van der Waals surface area contributed by atoms with E-state index in [1.165, 1.54) is 0 Å². The number of ether oxygens (including phenoxy) is 1. The van der Waals surface area contributed by atoms with E-state index in [0.29, 0.717) is 23.4 Å². The van der Waals surface area contributed by atoms with Crippen molar-refractivity contribution in [2.75, 3.05) is 17.7 Å². The van der Waals surface area contributed by atoms with Gasteiger partial charge in [0.05, 0.1) is 17.5 Å². The Labute approximate surface area is 106 Å². The Kier molecular flexibility index (Phi) is 3.72. The molecular weight excluding hydrogens is 230 g/mol. The van der Waals surface area contributed by atoms with Gasteiger partial charge in [-0.3, -0.25) is 4.79 Å². The lowest BCUT2D eigenvalue weighted by Gasteiger charge is -2.36. The second-order valence-electron chi connectivity index (χ2n) is 4.56. The van der Waals surface area contributed by atoms with Crippen LogP contribution in [0.2, 0.25) is 0 Å². The second kappa shape index (κ2) is 5.27. The molecule has 0 atom stereocenters. The topological polar surface area (TPSA) is 90.4 Å². The lowest BCUT2D eigenvalue weighted by Crippen LogP contribution is -2.40. The average Bonchev–Trinajstić information content (AvgIpc) is 2.28. The molecule has 5 heteroatoms. The molecule has 0 aromatic heterocycles. The summed E-state index contributed by atoms with van der Waals surface area (Å²) in [5, 5.41) is 3.34. The number of rotatable bonds is 5. The van der Waals surface area contributed by atoms with Crippen molar-refractivity contribution >= 4 is 17.3 Å². The maximum absolute atomic E-state index is 11.0. The van der Waals surface area contributed by atoms with Gasteiger partial charge in [-0.1, -0.05) is 0 Å². The highest BCUT2D eigenvalue weighted by molar-refractivity contribution is 5.94. The minimum atomic E-state index is -0.465. The number of primary amides is 1. The number of carbonyl (C=O) groups is 1. The van der Waals surface area contributed by atoms with Crippen LogP contribution in [0.25, 0.3) is 0 Å². The molecule has 5 N–H and O–H groups in total. The SMILES string of the molecule is CCOC1CC(Nc2ccc(C(N)=O)cc2N)C1. The van der Waals surface area contributed by atoms with Gasteiger partial charge in [-0.25, -0.2) is 0 Å². The van der Waals surface area contributed by atoms with Crippen molar-refractivity contribution in [2.24, 2.45) is 5.73 Å². The van der Waals surface area contributed by atoms with Gasteiger partial charge < -0.3 is 21.5 Å². The summed E-state index contributed by atoms with van der Waals surface area (Å²) in [6.07, 6.45) is 2.34. The summed E-state index contributed by atoms with van der Waals surface area (Å²) in [5.74, 6) is -0.465. The van der Waals surface area contributed by atoms with Gasteiger partial charge in [-0.15, -0.1) is 0 Å². The zero-order valence-electron chi connectivity index (χ0n) is 10.5. The van der Waals surface area contributed by atoms with E-state index in [0.717, 1.165) is 25.1 Å². The van der Waals surface area contributed by atoms with E-state index in [9.17, 15) is 4.79 Å². The van der Waals surface area contributed by atoms with Crippen molar-refractivity contribution in [2.45, 2.75) is 31.9 Å². The molecule has 1 amide bonds. The van der Waals surface area contributed by atoms with Crippen LogP contribution in [0.4, 0.5) is 11.4 Å². The van der Waals surface area contributed by atoms with Crippen LogP contribution in [-0.2, 0) is 4.74 Å². The van der Waals surface area contributed by atoms with Gasteiger partial charge in [0, 0.05) is 18.2 Å². The normalized spacial score (nSPS) is 22.3. The van der Waals surface area contributed by atoms with E-state index in [1.54, 1.807) is 18.2 Å². The molecule has 0 heterocycles. The first-order valence-corrected chi connectivity index (χ1v) is 6.17. The van der Waals surface area contributed by atoms with Crippen LogP contribution in [0.3, 0.4) is 0 Å². The molecule has 18 heavy (non-hydrogen) atoms. The monoisotopic (exact) mass is 249 g/mol. The average molecular weight is 249 g/mol. The molecule has 1 aliphatic carbocycles. The summed E-state index contributed by atoms with van der Waals surface area (Å²) in [6, 6.07) is 5.47. The molecule has 1 aliphatic rings. The predicted molar refractivity (Wildman–Crippen MR) is 71.4 cm³/mol. The summed E-state index contributed by atoms with van der Waals surface area (Å²) < 4.78 is 5.49. The largest absolute Gasteiger partial charge is 0.397 e. The van der Waals surface area contributed by atoms with Crippen molar-refractivity contribution in [3.63, 3.8) is 0 Å². The van der Waals surface area contributed by atoms with Crippen molar-refractivity contribution in [1.29, 1.82) is 0 Å². The van der Waals surface area contributed by atoms with E-state index in [-0.39, 0.29) is 0 Å². The first-order chi connectivity index (χ1) is 8.60. The van der Waals surface area contributed by atoms with Crippen molar-refractivity contribution in [1.82, 2.24) is 0 Å². The molecule has 0 radical (unpaired) electrons. The smallest absolute Gasteiger partial charge is 0.248 e. The Morgan fingerprint density at radius 2 is 2.22 bits per heavy atom. The van der Waals surface area contributed by atoms with E-state index in [2.05, 4.69) is 5.32 Å². The highest BCUT2D eigenvalue weighted by Crippen LogP contribution is 2.29. The number of nitrogens with one attached hydrogen (secondary N) is 1. The van der Waals surface area contributed by atoms with Gasteiger partial charge in [0.1, 0.15) is 0 Å². The Hall–Kier alpha value is -1.75. The molecule has 1 aromatic carbocycles. The van der Waals surface area contributed by atoms with Crippen LogP contribution >= 0.6 is 0 Å². The number of hydrogen-bond acceptors (Lipinski definition) is 4. The Bertz CT molecular complexity index is 442. The molecule has 1 fully saturated rings. The fraction of sp³-hybridized carbons (Fsp3) is 0.462. The van der Waals surface area contributed by atoms with Crippen LogP contribution < -0.4 is 16.8 Å². The highest BCUT2D eigenvalue weighted by Gasteiger charge is 2.29. The van der Waals surface area contributed by atoms with E-state index in [4.69, 9.17) is 16.2 Å². The fourth-order valence-corrected chi connectivity index (χ4v) is 2.12. The summed E-state index contributed by atoms with van der Waals surface area (Å²) in [7, 11) is 0. The molecule has 98 valence electrons. The predicted octanol–water partition coefficient (Wildman–Crippen LogP) is 1.35. The first-order valence-electron chi connectivity index (χ1n) is 6.17. The van der Waals surface area contributed by atoms with Gasteiger partial charge >= 0.3 is 0 Å². The van der Waals surface area contributed by atoms with Crippen LogP contribution in [-0.4, -0.2) is 24.7 Å². The lowest BCUT2D eigenvalue weighted by molar-refractivity contribution is 0.00300. The van der Waals surface area contributed by atoms with Crippen molar-refractivity contribution in [3.05, 3.63) is 23.8 Å². The lowest BCUT2D eigenvalue weighted by atomic mass is 9.89.